The second-order valence-corrected chi connectivity index (χ2v) is 8.08. The Bertz CT molecular complexity index is 200. The first-order valence-electron chi connectivity index (χ1n) is 12.4. The summed E-state index contributed by atoms with van der Waals surface area (Å²) in [6, 6.07) is 0. The van der Waals surface area contributed by atoms with Crippen LogP contribution >= 0.6 is 0 Å². The van der Waals surface area contributed by atoms with Gasteiger partial charge in [0, 0.05) is 0 Å². The fourth-order valence-electron chi connectivity index (χ4n) is 3.33. The fourth-order valence-corrected chi connectivity index (χ4v) is 3.33. The molecule has 0 unspecified atom stereocenters. The molecule has 166 valence electrons. The Morgan fingerprint density at radius 3 is 0.667 bits per heavy atom. The van der Waals surface area contributed by atoms with E-state index in [9.17, 15) is 0 Å². The van der Waals surface area contributed by atoms with E-state index in [4.69, 9.17) is 17.2 Å². The fraction of sp³-hybridized carbons (Fsp3) is 1.00. The highest BCUT2D eigenvalue weighted by Crippen LogP contribution is 2.13. The van der Waals surface area contributed by atoms with Crippen molar-refractivity contribution in [1.29, 1.82) is 0 Å². The quantitative estimate of drug-likeness (QED) is 0.193. The van der Waals surface area contributed by atoms with Crippen molar-refractivity contribution in [2.24, 2.45) is 17.2 Å². The minimum absolute atomic E-state index is 0.824. The molecule has 6 N–H and O–H groups in total. The predicted molar refractivity (Wildman–Crippen MR) is 125 cm³/mol. The molecular weight excluding hydrogens is 330 g/mol. The van der Waals surface area contributed by atoms with Crippen molar-refractivity contribution in [2.45, 2.75) is 135 Å². The normalized spacial score (nSPS) is 10.7. The highest BCUT2D eigenvalue weighted by molar-refractivity contribution is 4.50. The molecule has 0 bridgehead atoms. The Balaban J connectivity index is 0. The first-order valence-corrected chi connectivity index (χ1v) is 12.4. The molecule has 0 saturated heterocycles. The SMILES string of the molecule is CCCCCCCCCCCCCCCCCCN.NCCCCCCN. The maximum absolute atomic E-state index is 5.48. The molecule has 0 heterocycles. The second kappa shape index (κ2) is 30.6. The van der Waals surface area contributed by atoms with E-state index in [1.807, 2.05) is 0 Å². The molecule has 0 aliphatic heterocycles. The Morgan fingerprint density at radius 1 is 0.296 bits per heavy atom. The molecule has 0 aromatic carbocycles. The minimum Gasteiger partial charge on any atom is -0.330 e. The molecule has 0 spiro atoms. The average molecular weight is 386 g/mol. The van der Waals surface area contributed by atoms with Crippen molar-refractivity contribution in [3.05, 3.63) is 0 Å². The van der Waals surface area contributed by atoms with Gasteiger partial charge in [-0.2, -0.15) is 0 Å². The van der Waals surface area contributed by atoms with E-state index < -0.39 is 0 Å². The lowest BCUT2D eigenvalue weighted by Crippen LogP contribution is -2.00. The summed E-state index contributed by atoms with van der Waals surface area (Å²) in [4.78, 5) is 0. The summed E-state index contributed by atoms with van der Waals surface area (Å²) in [5, 5.41) is 0. The molecule has 0 rings (SSSR count). The Labute approximate surface area is 172 Å². The van der Waals surface area contributed by atoms with Crippen molar-refractivity contribution in [3.63, 3.8) is 0 Å². The molecule has 0 amide bonds. The van der Waals surface area contributed by atoms with Crippen LogP contribution in [0, 0.1) is 0 Å². The third-order valence-corrected chi connectivity index (χ3v) is 5.22. The van der Waals surface area contributed by atoms with Crippen LogP contribution in [0.3, 0.4) is 0 Å². The number of nitrogens with two attached hydrogens (primary N) is 3. The van der Waals surface area contributed by atoms with E-state index in [-0.39, 0.29) is 0 Å². The highest BCUT2D eigenvalue weighted by Gasteiger charge is 1.94. The zero-order valence-electron chi connectivity index (χ0n) is 19.0. The summed E-state index contributed by atoms with van der Waals surface area (Å²) >= 11 is 0. The first-order chi connectivity index (χ1) is 13.3. The zero-order valence-corrected chi connectivity index (χ0v) is 19.0. The molecule has 0 aliphatic carbocycles. The van der Waals surface area contributed by atoms with Crippen molar-refractivity contribution in [3.8, 4) is 0 Å². The molecule has 0 aromatic heterocycles. The number of unbranched alkanes of at least 4 members (excludes halogenated alkanes) is 18. The Morgan fingerprint density at radius 2 is 0.481 bits per heavy atom. The van der Waals surface area contributed by atoms with Crippen LogP contribution in [0.25, 0.3) is 0 Å². The van der Waals surface area contributed by atoms with E-state index in [1.54, 1.807) is 0 Å². The van der Waals surface area contributed by atoms with Gasteiger partial charge in [0.2, 0.25) is 0 Å². The lowest BCUT2D eigenvalue weighted by atomic mass is 10.0. The van der Waals surface area contributed by atoms with E-state index in [2.05, 4.69) is 6.92 Å². The smallest absolute Gasteiger partial charge is 0.00773 e. The van der Waals surface area contributed by atoms with Crippen LogP contribution in [0.5, 0.6) is 0 Å². The van der Waals surface area contributed by atoms with Gasteiger partial charge in [-0.3, -0.25) is 0 Å². The molecule has 0 aliphatic rings. The highest BCUT2D eigenvalue weighted by atomic mass is 14.5. The van der Waals surface area contributed by atoms with Crippen molar-refractivity contribution in [2.75, 3.05) is 19.6 Å². The van der Waals surface area contributed by atoms with Gasteiger partial charge in [-0.25, -0.2) is 0 Å². The molecule has 0 atom stereocenters. The molecule has 0 fully saturated rings. The predicted octanol–water partition coefficient (Wildman–Crippen LogP) is 6.67. The lowest BCUT2D eigenvalue weighted by Gasteiger charge is -2.03. The van der Waals surface area contributed by atoms with Crippen molar-refractivity contribution < 1.29 is 0 Å². The third kappa shape index (κ3) is 33.9. The monoisotopic (exact) mass is 385 g/mol. The van der Waals surface area contributed by atoms with Gasteiger partial charge >= 0.3 is 0 Å². The van der Waals surface area contributed by atoms with E-state index >= 15 is 0 Å². The van der Waals surface area contributed by atoms with Gasteiger partial charge in [0.25, 0.3) is 0 Å². The van der Waals surface area contributed by atoms with Gasteiger partial charge in [-0.05, 0) is 38.9 Å². The summed E-state index contributed by atoms with van der Waals surface area (Å²) in [6.07, 6.45) is 27.6. The van der Waals surface area contributed by atoms with Gasteiger partial charge in [-0.1, -0.05) is 116 Å². The zero-order chi connectivity index (χ0) is 20.3. The first kappa shape index (κ1) is 29.1. The van der Waals surface area contributed by atoms with E-state index in [1.165, 1.54) is 116 Å². The standard InChI is InChI=1S/C18H39N.C6H16N2/c1-2-3-4-5-6-7-8-9-10-11-12-13-14-15-16-17-18-19;7-5-3-1-2-4-6-8/h2-19H2,1H3;1-8H2. The average Bonchev–Trinajstić information content (AvgIpc) is 2.69. The van der Waals surface area contributed by atoms with Crippen LogP contribution in [-0.2, 0) is 0 Å². The molecule has 3 heteroatoms. The van der Waals surface area contributed by atoms with Gasteiger partial charge in [-0.15, -0.1) is 0 Å². The Hall–Kier alpha value is -0.120. The number of rotatable bonds is 21. The van der Waals surface area contributed by atoms with Crippen LogP contribution < -0.4 is 17.2 Å². The summed E-state index contributed by atoms with van der Waals surface area (Å²) in [7, 11) is 0. The Kier molecular flexibility index (Phi) is 33.0. The number of hydrogen-bond donors (Lipinski definition) is 3. The van der Waals surface area contributed by atoms with Crippen molar-refractivity contribution >= 4 is 0 Å². The van der Waals surface area contributed by atoms with Crippen LogP contribution in [0.4, 0.5) is 0 Å². The molecule has 27 heavy (non-hydrogen) atoms. The second-order valence-electron chi connectivity index (χ2n) is 8.08. The van der Waals surface area contributed by atoms with Gasteiger partial charge in [0.05, 0.1) is 0 Å². The van der Waals surface area contributed by atoms with E-state index in [0.717, 1.165) is 32.5 Å². The number of hydrogen-bond acceptors (Lipinski definition) is 3. The minimum atomic E-state index is 0.824. The van der Waals surface area contributed by atoms with Gasteiger partial charge in [0.15, 0.2) is 0 Å². The maximum Gasteiger partial charge on any atom is -0.00773 e. The molecule has 0 saturated carbocycles. The summed E-state index contributed by atoms with van der Waals surface area (Å²) in [5.74, 6) is 0. The van der Waals surface area contributed by atoms with Crippen LogP contribution in [0.15, 0.2) is 0 Å². The lowest BCUT2D eigenvalue weighted by molar-refractivity contribution is 0.530. The van der Waals surface area contributed by atoms with Gasteiger partial charge in [0.1, 0.15) is 0 Å². The summed E-state index contributed by atoms with van der Waals surface area (Å²) in [5.41, 5.74) is 16.0. The van der Waals surface area contributed by atoms with Crippen LogP contribution in [0.2, 0.25) is 0 Å². The van der Waals surface area contributed by atoms with Gasteiger partial charge < -0.3 is 17.2 Å². The molecule has 0 radical (unpaired) electrons. The van der Waals surface area contributed by atoms with E-state index in [0.29, 0.717) is 0 Å². The molecule has 0 aromatic rings. The molecular formula is C24H55N3. The largest absolute Gasteiger partial charge is 0.330 e. The topological polar surface area (TPSA) is 78.1 Å². The van der Waals surface area contributed by atoms with Crippen molar-refractivity contribution in [1.82, 2.24) is 0 Å². The summed E-state index contributed by atoms with van der Waals surface area (Å²) in [6.45, 7) is 4.81. The molecule has 3 nitrogen and oxygen atoms in total. The van der Waals surface area contributed by atoms with Crippen LogP contribution in [0.1, 0.15) is 135 Å². The third-order valence-electron chi connectivity index (χ3n) is 5.22. The maximum atomic E-state index is 5.48. The summed E-state index contributed by atoms with van der Waals surface area (Å²) < 4.78 is 0. The van der Waals surface area contributed by atoms with Crippen LogP contribution in [-0.4, -0.2) is 19.6 Å².